The lowest BCUT2D eigenvalue weighted by Gasteiger charge is -2.30. The molecule has 0 heterocycles. The molecule has 0 saturated carbocycles. The third-order valence-electron chi connectivity index (χ3n) is 4.27. The fraction of sp³-hybridized carbons (Fsp3) is 0.941. The second kappa shape index (κ2) is 14.8. The van der Waals surface area contributed by atoms with Crippen molar-refractivity contribution in [2.45, 2.75) is 79.1 Å². The molecule has 0 saturated heterocycles. The fourth-order valence-electron chi connectivity index (χ4n) is 1.90. The Morgan fingerprint density at radius 1 is 0.800 bits per heavy atom. The Morgan fingerprint density at radius 3 is 1.50 bits per heavy atom. The highest BCUT2D eigenvalue weighted by atomic mass is 16.4. The maximum atomic E-state index is 10.0. The summed E-state index contributed by atoms with van der Waals surface area (Å²) in [5.74, 6) is -0.913. The van der Waals surface area contributed by atoms with Crippen molar-refractivity contribution in [1.82, 2.24) is 0 Å². The quantitative estimate of drug-likeness (QED) is 0.432. The number of carboxylic acids is 1. The van der Waals surface area contributed by atoms with Crippen molar-refractivity contribution in [2.24, 2.45) is 0 Å². The SMILES string of the molecule is CCCCCCCCCC(=O)[O-].CC[N+](C)(CC)CC. The summed E-state index contributed by atoms with van der Waals surface area (Å²) in [4.78, 5) is 10.0. The summed E-state index contributed by atoms with van der Waals surface area (Å²) >= 11 is 0. The van der Waals surface area contributed by atoms with E-state index in [0.29, 0.717) is 0 Å². The van der Waals surface area contributed by atoms with Gasteiger partial charge in [-0.3, -0.25) is 0 Å². The van der Waals surface area contributed by atoms with Crippen molar-refractivity contribution in [3.63, 3.8) is 0 Å². The number of carboxylic acid groups (broad SMARTS) is 1. The van der Waals surface area contributed by atoms with Crippen LogP contribution >= 0.6 is 0 Å². The summed E-state index contributed by atoms with van der Waals surface area (Å²) in [7, 11) is 2.29. The van der Waals surface area contributed by atoms with Gasteiger partial charge in [0.15, 0.2) is 0 Å². The Balaban J connectivity index is 0. The Morgan fingerprint density at radius 2 is 1.20 bits per heavy atom. The number of carbonyl (C=O) groups excluding carboxylic acids is 1. The van der Waals surface area contributed by atoms with Crippen LogP contribution in [0.2, 0.25) is 0 Å². The smallest absolute Gasteiger partial charge is 0.0755 e. The molecule has 3 heteroatoms. The average Bonchev–Trinajstić information content (AvgIpc) is 2.46. The third kappa shape index (κ3) is 15.5. The van der Waals surface area contributed by atoms with Crippen LogP contribution in [0.4, 0.5) is 0 Å². The summed E-state index contributed by atoms with van der Waals surface area (Å²) in [6.45, 7) is 12.7. The molecular weight excluding hydrogens is 250 g/mol. The number of aliphatic carboxylic acids is 1. The number of rotatable bonds is 11. The minimum atomic E-state index is -0.913. The van der Waals surface area contributed by atoms with Gasteiger partial charge in [0.25, 0.3) is 0 Å². The number of hydrogen-bond donors (Lipinski definition) is 0. The van der Waals surface area contributed by atoms with Gasteiger partial charge in [0, 0.05) is 5.97 Å². The van der Waals surface area contributed by atoms with Crippen molar-refractivity contribution >= 4 is 5.97 Å². The monoisotopic (exact) mass is 287 g/mol. The molecule has 0 N–H and O–H groups in total. The molecule has 0 aliphatic rings. The summed E-state index contributed by atoms with van der Waals surface area (Å²) in [5.41, 5.74) is 0. The second-order valence-electron chi connectivity index (χ2n) is 5.81. The van der Waals surface area contributed by atoms with Gasteiger partial charge in [-0.15, -0.1) is 0 Å². The highest BCUT2D eigenvalue weighted by Gasteiger charge is 2.10. The molecule has 0 spiro atoms. The van der Waals surface area contributed by atoms with Crippen molar-refractivity contribution < 1.29 is 14.4 Å². The molecule has 20 heavy (non-hydrogen) atoms. The lowest BCUT2D eigenvalue weighted by Crippen LogP contribution is -2.42. The summed E-state index contributed by atoms with van der Waals surface area (Å²) in [6.07, 6.45) is 8.34. The molecule has 0 amide bonds. The van der Waals surface area contributed by atoms with Crippen LogP contribution < -0.4 is 5.11 Å². The van der Waals surface area contributed by atoms with E-state index in [4.69, 9.17) is 0 Å². The van der Waals surface area contributed by atoms with Crippen LogP contribution in [0.5, 0.6) is 0 Å². The molecule has 0 radical (unpaired) electrons. The van der Waals surface area contributed by atoms with Crippen molar-refractivity contribution in [3.8, 4) is 0 Å². The maximum absolute atomic E-state index is 10.0. The molecule has 0 atom stereocenters. The first-order chi connectivity index (χ1) is 9.45. The van der Waals surface area contributed by atoms with Gasteiger partial charge in [0.1, 0.15) is 0 Å². The van der Waals surface area contributed by atoms with Crippen LogP contribution in [0.15, 0.2) is 0 Å². The van der Waals surface area contributed by atoms with Gasteiger partial charge in [-0.2, -0.15) is 0 Å². The highest BCUT2D eigenvalue weighted by molar-refractivity contribution is 5.63. The minimum Gasteiger partial charge on any atom is -0.550 e. The first-order valence-electron chi connectivity index (χ1n) is 8.49. The van der Waals surface area contributed by atoms with Crippen molar-refractivity contribution in [1.29, 1.82) is 0 Å². The largest absolute Gasteiger partial charge is 0.550 e. The molecule has 0 aromatic rings. The molecule has 122 valence electrons. The zero-order valence-electron chi connectivity index (χ0n) is 14.5. The lowest BCUT2D eigenvalue weighted by molar-refractivity contribution is -0.904. The second-order valence-corrected chi connectivity index (χ2v) is 5.81. The zero-order valence-corrected chi connectivity index (χ0v) is 14.5. The van der Waals surface area contributed by atoms with Crippen LogP contribution in [0, 0.1) is 0 Å². The number of hydrogen-bond acceptors (Lipinski definition) is 2. The third-order valence-corrected chi connectivity index (χ3v) is 4.27. The van der Waals surface area contributed by atoms with Crippen LogP contribution in [-0.2, 0) is 4.79 Å². The van der Waals surface area contributed by atoms with Crippen LogP contribution in [0.3, 0.4) is 0 Å². The Kier molecular flexibility index (Phi) is 16.1. The van der Waals surface area contributed by atoms with E-state index < -0.39 is 5.97 Å². The topological polar surface area (TPSA) is 40.1 Å². The van der Waals surface area contributed by atoms with Crippen LogP contribution in [0.1, 0.15) is 79.1 Å². The van der Waals surface area contributed by atoms with E-state index in [1.807, 2.05) is 0 Å². The van der Waals surface area contributed by atoms with Gasteiger partial charge in [0.2, 0.25) is 0 Å². The summed E-state index contributed by atoms with van der Waals surface area (Å²) < 4.78 is 1.21. The maximum Gasteiger partial charge on any atom is 0.0755 e. The zero-order chi connectivity index (χ0) is 15.9. The van der Waals surface area contributed by atoms with E-state index in [-0.39, 0.29) is 6.42 Å². The first kappa shape index (κ1) is 21.7. The highest BCUT2D eigenvalue weighted by Crippen LogP contribution is 2.07. The lowest BCUT2D eigenvalue weighted by atomic mass is 10.1. The van der Waals surface area contributed by atoms with E-state index in [1.165, 1.54) is 56.2 Å². The van der Waals surface area contributed by atoms with E-state index >= 15 is 0 Å². The van der Waals surface area contributed by atoms with E-state index in [9.17, 15) is 9.90 Å². The number of quaternary nitrogens is 1. The molecule has 0 rings (SSSR count). The van der Waals surface area contributed by atoms with E-state index in [1.54, 1.807) is 0 Å². The predicted molar refractivity (Wildman–Crippen MR) is 85.4 cm³/mol. The molecule has 0 bridgehead atoms. The summed E-state index contributed by atoms with van der Waals surface area (Å²) in [5, 5.41) is 10.0. The predicted octanol–water partition coefficient (Wildman–Crippen LogP) is 3.37. The number of carbonyl (C=O) groups is 1. The molecule has 3 nitrogen and oxygen atoms in total. The Labute approximate surface area is 127 Å². The van der Waals surface area contributed by atoms with Crippen LogP contribution in [0.25, 0.3) is 0 Å². The Hall–Kier alpha value is -0.570. The number of unbranched alkanes of at least 4 members (excludes halogenated alkanes) is 6. The summed E-state index contributed by atoms with van der Waals surface area (Å²) in [6, 6.07) is 0. The molecule has 0 aliphatic heterocycles. The standard InChI is InChI=1S/C10H20O2.C7H18N/c1-2-3-4-5-6-7-8-9-10(11)12;1-5-8(4,6-2)7-3/h2-9H2,1H3,(H,11,12);5-7H2,1-4H3/q;+1/p-1. The van der Waals surface area contributed by atoms with Crippen molar-refractivity contribution in [2.75, 3.05) is 26.7 Å². The van der Waals surface area contributed by atoms with Crippen molar-refractivity contribution in [3.05, 3.63) is 0 Å². The van der Waals surface area contributed by atoms with Gasteiger partial charge < -0.3 is 14.4 Å². The normalized spacial score (nSPS) is 10.8. The molecule has 0 aromatic carbocycles. The molecule has 0 fully saturated rings. The average molecular weight is 287 g/mol. The van der Waals surface area contributed by atoms with Gasteiger partial charge in [0.05, 0.1) is 26.7 Å². The molecular formula is C17H37NO2. The van der Waals surface area contributed by atoms with E-state index in [0.717, 1.165) is 12.8 Å². The molecule has 0 unspecified atom stereocenters. The first-order valence-corrected chi connectivity index (χ1v) is 8.49. The van der Waals surface area contributed by atoms with E-state index in [2.05, 4.69) is 34.7 Å². The molecule has 0 aliphatic carbocycles. The van der Waals surface area contributed by atoms with Crippen LogP contribution in [-0.4, -0.2) is 37.1 Å². The van der Waals surface area contributed by atoms with Gasteiger partial charge in [-0.25, -0.2) is 0 Å². The number of nitrogens with zero attached hydrogens (tertiary/aromatic N) is 1. The fourth-order valence-corrected chi connectivity index (χ4v) is 1.90. The Bertz CT molecular complexity index is 205. The molecule has 0 aromatic heterocycles. The van der Waals surface area contributed by atoms with Gasteiger partial charge in [-0.1, -0.05) is 45.4 Å². The van der Waals surface area contributed by atoms with Gasteiger partial charge in [-0.05, 0) is 33.6 Å². The van der Waals surface area contributed by atoms with Gasteiger partial charge >= 0.3 is 0 Å². The minimum absolute atomic E-state index is 0.230.